The van der Waals surface area contributed by atoms with Crippen LogP contribution in [-0.2, 0) is 22.4 Å². The van der Waals surface area contributed by atoms with Gasteiger partial charge in [0.1, 0.15) is 0 Å². The lowest BCUT2D eigenvalue weighted by atomic mass is 10.1. The van der Waals surface area contributed by atoms with E-state index in [-0.39, 0.29) is 29.8 Å². The first-order chi connectivity index (χ1) is 12.1. The molecule has 0 bridgehead atoms. The Morgan fingerprint density at radius 1 is 1.24 bits per heavy atom. The number of carbonyl (C=O) groups is 2. The lowest BCUT2D eigenvalue weighted by molar-refractivity contribution is -0.122. The number of rotatable bonds is 3. The number of pyridine rings is 1. The molecule has 2 N–H and O–H groups in total. The molecule has 2 heterocycles. The quantitative estimate of drug-likeness (QED) is 0.900. The van der Waals surface area contributed by atoms with Gasteiger partial charge >= 0.3 is 0 Å². The Bertz CT molecular complexity index is 850. The topological polar surface area (TPSA) is 82.5 Å². The van der Waals surface area contributed by atoms with Crippen molar-refractivity contribution in [3.63, 3.8) is 0 Å². The van der Waals surface area contributed by atoms with E-state index in [1.165, 1.54) is 23.4 Å². The van der Waals surface area contributed by atoms with Gasteiger partial charge in [0.2, 0.25) is 11.8 Å². The highest BCUT2D eigenvalue weighted by Crippen LogP contribution is 2.31. The highest BCUT2D eigenvalue weighted by molar-refractivity contribution is 6.03. The fourth-order valence-corrected chi connectivity index (χ4v) is 3.57. The summed E-state index contributed by atoms with van der Waals surface area (Å²) in [5, 5.41) is 12.3. The maximum Gasteiger partial charge on any atom is 0.231 e. The molecule has 25 heavy (non-hydrogen) atoms. The third-order valence-corrected chi connectivity index (χ3v) is 4.92. The largest absolute Gasteiger partial charge is 0.504 e. The number of amides is 2. The monoisotopic (exact) mass is 337 g/mol. The van der Waals surface area contributed by atoms with Gasteiger partial charge in [0.05, 0.1) is 5.92 Å². The van der Waals surface area contributed by atoms with Crippen molar-refractivity contribution in [3.05, 3.63) is 47.7 Å². The van der Waals surface area contributed by atoms with Crippen LogP contribution >= 0.6 is 0 Å². The zero-order valence-corrected chi connectivity index (χ0v) is 13.7. The van der Waals surface area contributed by atoms with Crippen LogP contribution in [0.25, 0.3) is 0 Å². The molecule has 1 unspecified atom stereocenters. The van der Waals surface area contributed by atoms with Crippen LogP contribution in [0.5, 0.6) is 5.75 Å². The van der Waals surface area contributed by atoms with Crippen molar-refractivity contribution >= 4 is 23.3 Å². The van der Waals surface area contributed by atoms with E-state index in [0.29, 0.717) is 6.54 Å². The number of nitrogens with one attached hydrogen (secondary N) is 1. The van der Waals surface area contributed by atoms with E-state index in [4.69, 9.17) is 0 Å². The number of aromatic hydroxyl groups is 1. The molecule has 1 atom stereocenters. The molecule has 0 spiro atoms. The highest BCUT2D eigenvalue weighted by atomic mass is 16.3. The average Bonchev–Trinajstić information content (AvgIpc) is 3.22. The number of anilines is 2. The molecule has 128 valence electrons. The molecule has 2 aromatic rings. The van der Waals surface area contributed by atoms with Crippen molar-refractivity contribution in [2.75, 3.05) is 16.8 Å². The summed E-state index contributed by atoms with van der Waals surface area (Å²) in [6.07, 6.45) is 4.96. The molecular formula is C19H19N3O3. The molecule has 4 rings (SSSR count). The fraction of sp³-hybridized carbons (Fsp3) is 0.316. The predicted molar refractivity (Wildman–Crippen MR) is 93.5 cm³/mol. The summed E-state index contributed by atoms with van der Waals surface area (Å²) in [5.74, 6) is -0.775. The van der Waals surface area contributed by atoms with Gasteiger partial charge in [0.25, 0.3) is 0 Å². The Kier molecular flexibility index (Phi) is 3.87. The van der Waals surface area contributed by atoms with Gasteiger partial charge in [-0.15, -0.1) is 0 Å². The summed E-state index contributed by atoms with van der Waals surface area (Å²) in [4.78, 5) is 30.5. The van der Waals surface area contributed by atoms with E-state index in [9.17, 15) is 14.7 Å². The maximum absolute atomic E-state index is 12.4. The van der Waals surface area contributed by atoms with Gasteiger partial charge in [0, 0.05) is 24.8 Å². The lowest BCUT2D eigenvalue weighted by Crippen LogP contribution is -2.28. The predicted octanol–water partition coefficient (Wildman–Crippen LogP) is 2.27. The molecule has 6 heteroatoms. The van der Waals surface area contributed by atoms with Crippen molar-refractivity contribution in [1.29, 1.82) is 0 Å². The van der Waals surface area contributed by atoms with Crippen LogP contribution in [0, 0.1) is 5.92 Å². The van der Waals surface area contributed by atoms with Gasteiger partial charge in [0.15, 0.2) is 11.6 Å². The number of fused-ring (bicyclic) bond motifs is 1. The number of hydrogen-bond acceptors (Lipinski definition) is 4. The number of nitrogens with zero attached hydrogens (tertiary/aromatic N) is 2. The first kappa shape index (κ1) is 15.6. The number of aromatic nitrogens is 1. The first-order valence-electron chi connectivity index (χ1n) is 8.49. The van der Waals surface area contributed by atoms with Crippen LogP contribution in [-0.4, -0.2) is 28.4 Å². The second-order valence-corrected chi connectivity index (χ2v) is 6.57. The molecular weight excluding hydrogens is 318 g/mol. The summed E-state index contributed by atoms with van der Waals surface area (Å²) in [7, 11) is 0. The van der Waals surface area contributed by atoms with Gasteiger partial charge in [-0.05, 0) is 54.7 Å². The normalized spacial score (nSPS) is 19.1. The number of benzene rings is 1. The van der Waals surface area contributed by atoms with Crippen molar-refractivity contribution in [3.8, 4) is 5.75 Å². The standard InChI is InChI=1S/C19H19N3O3/c23-16-5-2-8-20-18(16)21-19(25)14-10-17(24)22(11-14)15-7-6-12-3-1-4-13(12)9-15/h2,5-9,14,23H,1,3-4,10-11H2,(H,20,21,25). The second kappa shape index (κ2) is 6.20. The number of hydrogen-bond donors (Lipinski definition) is 2. The van der Waals surface area contributed by atoms with E-state index < -0.39 is 5.92 Å². The zero-order valence-electron chi connectivity index (χ0n) is 13.7. The van der Waals surface area contributed by atoms with Crippen LogP contribution in [0.4, 0.5) is 11.5 Å². The Morgan fingerprint density at radius 2 is 2.08 bits per heavy atom. The van der Waals surface area contributed by atoms with Gasteiger partial charge in [-0.2, -0.15) is 0 Å². The molecule has 0 radical (unpaired) electrons. The van der Waals surface area contributed by atoms with E-state index in [1.807, 2.05) is 6.07 Å². The molecule has 1 aromatic carbocycles. The molecule has 6 nitrogen and oxygen atoms in total. The zero-order chi connectivity index (χ0) is 17.4. The van der Waals surface area contributed by atoms with Crippen molar-refractivity contribution in [2.24, 2.45) is 5.92 Å². The van der Waals surface area contributed by atoms with Gasteiger partial charge in [-0.3, -0.25) is 9.59 Å². The minimum Gasteiger partial charge on any atom is -0.504 e. The molecule has 1 fully saturated rings. The molecule has 2 amide bonds. The SMILES string of the molecule is O=C(Nc1ncccc1O)C1CC(=O)N(c2ccc3c(c2)CCC3)C1. The third-order valence-electron chi connectivity index (χ3n) is 4.92. The van der Waals surface area contributed by atoms with E-state index in [1.54, 1.807) is 11.0 Å². The lowest BCUT2D eigenvalue weighted by Gasteiger charge is -2.18. The van der Waals surface area contributed by atoms with E-state index in [2.05, 4.69) is 22.4 Å². The molecule has 1 aliphatic carbocycles. The van der Waals surface area contributed by atoms with Gasteiger partial charge in [-0.25, -0.2) is 4.98 Å². The Balaban J connectivity index is 1.48. The minimum atomic E-state index is -0.456. The van der Waals surface area contributed by atoms with E-state index >= 15 is 0 Å². The first-order valence-corrected chi connectivity index (χ1v) is 8.49. The third kappa shape index (κ3) is 2.95. The van der Waals surface area contributed by atoms with Crippen LogP contribution in [0.2, 0.25) is 0 Å². The van der Waals surface area contributed by atoms with Crippen molar-refractivity contribution < 1.29 is 14.7 Å². The highest BCUT2D eigenvalue weighted by Gasteiger charge is 2.35. The Morgan fingerprint density at radius 3 is 2.92 bits per heavy atom. The van der Waals surface area contributed by atoms with Crippen molar-refractivity contribution in [2.45, 2.75) is 25.7 Å². The molecule has 1 aliphatic heterocycles. The fourth-order valence-electron chi connectivity index (χ4n) is 3.57. The van der Waals surface area contributed by atoms with Crippen molar-refractivity contribution in [1.82, 2.24) is 4.98 Å². The smallest absolute Gasteiger partial charge is 0.231 e. The summed E-state index contributed by atoms with van der Waals surface area (Å²) in [5.41, 5.74) is 3.52. The van der Waals surface area contributed by atoms with Crippen LogP contribution in [0.15, 0.2) is 36.5 Å². The molecule has 1 saturated heterocycles. The Labute approximate surface area is 145 Å². The van der Waals surface area contributed by atoms with Crippen LogP contribution < -0.4 is 10.2 Å². The molecule has 0 saturated carbocycles. The molecule has 2 aliphatic rings. The maximum atomic E-state index is 12.4. The summed E-state index contributed by atoms with van der Waals surface area (Å²) in [6, 6.07) is 9.17. The summed E-state index contributed by atoms with van der Waals surface area (Å²) in [6.45, 7) is 0.344. The second-order valence-electron chi connectivity index (χ2n) is 6.57. The number of carbonyl (C=O) groups excluding carboxylic acids is 2. The number of aryl methyl sites for hydroxylation is 2. The molecule has 1 aromatic heterocycles. The van der Waals surface area contributed by atoms with Crippen LogP contribution in [0.3, 0.4) is 0 Å². The van der Waals surface area contributed by atoms with E-state index in [0.717, 1.165) is 24.9 Å². The van der Waals surface area contributed by atoms with Gasteiger partial charge < -0.3 is 15.3 Å². The Hall–Kier alpha value is -2.89. The van der Waals surface area contributed by atoms with Crippen LogP contribution in [0.1, 0.15) is 24.0 Å². The average molecular weight is 337 g/mol. The van der Waals surface area contributed by atoms with Gasteiger partial charge in [-0.1, -0.05) is 6.07 Å². The summed E-state index contributed by atoms with van der Waals surface area (Å²) < 4.78 is 0. The summed E-state index contributed by atoms with van der Waals surface area (Å²) >= 11 is 0. The minimum absolute atomic E-state index is 0.0525.